The zero-order valence-electron chi connectivity index (χ0n) is 15.4. The molecule has 4 N–H and O–H groups in total. The second kappa shape index (κ2) is 8.58. The predicted molar refractivity (Wildman–Crippen MR) is 101 cm³/mol. The first kappa shape index (κ1) is 19.6. The van der Waals surface area contributed by atoms with Crippen LogP contribution < -0.4 is 15.4 Å². The van der Waals surface area contributed by atoms with Gasteiger partial charge in [0.15, 0.2) is 11.5 Å². The molecule has 6 heteroatoms. The minimum absolute atomic E-state index is 0.0329. The molecule has 0 bridgehead atoms. The van der Waals surface area contributed by atoms with Crippen LogP contribution in [0.5, 0.6) is 17.2 Å². The number of benzene rings is 2. The van der Waals surface area contributed by atoms with Gasteiger partial charge in [-0.05, 0) is 23.6 Å². The number of carbonyl (C=O) groups is 1. The lowest BCUT2D eigenvalue weighted by Gasteiger charge is -2.25. The summed E-state index contributed by atoms with van der Waals surface area (Å²) in [6.07, 6.45) is 0. The number of ether oxygens (including phenoxy) is 1. The normalized spacial score (nSPS) is 11.2. The van der Waals surface area contributed by atoms with Gasteiger partial charge in [0.25, 0.3) is 5.91 Å². The molecule has 0 radical (unpaired) electrons. The number of hydrogen-bond donors (Lipinski definition) is 4. The molecule has 2 aromatic rings. The smallest absolute Gasteiger partial charge is 0.255 e. The number of amides is 1. The molecule has 6 nitrogen and oxygen atoms in total. The number of phenols is 2. The van der Waals surface area contributed by atoms with Gasteiger partial charge in [-0.1, -0.05) is 38.1 Å². The SMILES string of the molecule is COc1cccc(CNCC(C)(C)CNC(=O)c2ccccc2O)c1O. The number of carbonyl (C=O) groups excluding carboxylic acids is 1. The Morgan fingerprint density at radius 3 is 2.50 bits per heavy atom. The van der Waals surface area contributed by atoms with Gasteiger partial charge >= 0.3 is 0 Å². The molecule has 0 heterocycles. The Morgan fingerprint density at radius 1 is 1.08 bits per heavy atom. The fraction of sp³-hybridized carbons (Fsp3) is 0.350. The molecule has 0 unspecified atom stereocenters. The topological polar surface area (TPSA) is 90.8 Å². The average Bonchev–Trinajstić information content (AvgIpc) is 2.61. The molecule has 0 atom stereocenters. The van der Waals surface area contributed by atoms with Crippen molar-refractivity contribution in [3.63, 3.8) is 0 Å². The van der Waals surface area contributed by atoms with Gasteiger partial charge in [0, 0.05) is 25.2 Å². The van der Waals surface area contributed by atoms with E-state index in [-0.39, 0.29) is 28.4 Å². The van der Waals surface area contributed by atoms with Crippen LogP contribution in [0.25, 0.3) is 0 Å². The highest BCUT2D eigenvalue weighted by Crippen LogP contribution is 2.29. The largest absolute Gasteiger partial charge is 0.507 e. The van der Waals surface area contributed by atoms with Gasteiger partial charge in [0.1, 0.15) is 5.75 Å². The Bertz CT molecular complexity index is 759. The minimum atomic E-state index is -0.304. The second-order valence-electron chi connectivity index (χ2n) is 6.94. The molecule has 1 amide bonds. The summed E-state index contributed by atoms with van der Waals surface area (Å²) in [6.45, 7) is 5.61. The first-order chi connectivity index (χ1) is 12.3. The first-order valence-electron chi connectivity index (χ1n) is 8.46. The van der Waals surface area contributed by atoms with Crippen molar-refractivity contribution in [3.8, 4) is 17.2 Å². The highest BCUT2D eigenvalue weighted by molar-refractivity contribution is 5.96. The number of rotatable bonds is 8. The van der Waals surface area contributed by atoms with E-state index in [1.165, 1.54) is 13.2 Å². The van der Waals surface area contributed by atoms with Gasteiger partial charge in [0.2, 0.25) is 0 Å². The van der Waals surface area contributed by atoms with Crippen LogP contribution in [0, 0.1) is 5.41 Å². The number of nitrogens with one attached hydrogen (secondary N) is 2. The van der Waals surface area contributed by atoms with Crippen molar-refractivity contribution >= 4 is 5.91 Å². The van der Waals surface area contributed by atoms with Crippen LogP contribution >= 0.6 is 0 Å². The summed E-state index contributed by atoms with van der Waals surface area (Å²) >= 11 is 0. The van der Waals surface area contributed by atoms with Gasteiger partial charge < -0.3 is 25.6 Å². The third-order valence-electron chi connectivity index (χ3n) is 4.10. The van der Waals surface area contributed by atoms with Gasteiger partial charge in [-0.3, -0.25) is 4.79 Å². The van der Waals surface area contributed by atoms with Gasteiger partial charge in [0.05, 0.1) is 12.7 Å². The molecule has 0 spiro atoms. The highest BCUT2D eigenvalue weighted by atomic mass is 16.5. The molecule has 140 valence electrons. The van der Waals surface area contributed by atoms with Crippen LogP contribution in [0.1, 0.15) is 29.8 Å². The number of phenolic OH excluding ortho intramolecular Hbond substituents is 2. The van der Waals surface area contributed by atoms with E-state index in [9.17, 15) is 15.0 Å². The van der Waals surface area contributed by atoms with Gasteiger partial charge in [-0.2, -0.15) is 0 Å². The fourth-order valence-corrected chi connectivity index (χ4v) is 2.55. The molecular weight excluding hydrogens is 332 g/mol. The van der Waals surface area contributed by atoms with Gasteiger partial charge in [-0.15, -0.1) is 0 Å². The van der Waals surface area contributed by atoms with E-state index in [1.807, 2.05) is 26.0 Å². The average molecular weight is 358 g/mol. The Labute approximate surface area is 153 Å². The van der Waals surface area contributed by atoms with E-state index >= 15 is 0 Å². The highest BCUT2D eigenvalue weighted by Gasteiger charge is 2.20. The standard InChI is InChI=1S/C20H26N2O4/c1-20(2,13-22-19(25)15-8-4-5-9-16(15)23)12-21-11-14-7-6-10-17(26-3)18(14)24/h4-10,21,23-24H,11-13H2,1-3H3,(H,22,25). The van der Waals surface area contributed by atoms with E-state index in [4.69, 9.17) is 4.74 Å². The van der Waals surface area contributed by atoms with Crippen LogP contribution in [-0.4, -0.2) is 36.3 Å². The Kier molecular flexibility index (Phi) is 6.46. The summed E-state index contributed by atoms with van der Waals surface area (Å²) in [7, 11) is 1.52. The van der Waals surface area contributed by atoms with E-state index in [0.29, 0.717) is 25.4 Å². The molecule has 0 saturated heterocycles. The van der Waals surface area contributed by atoms with Crippen LogP contribution in [-0.2, 0) is 6.54 Å². The molecular formula is C20H26N2O4. The van der Waals surface area contributed by atoms with Crippen molar-refractivity contribution in [3.05, 3.63) is 53.6 Å². The van der Waals surface area contributed by atoms with E-state index in [2.05, 4.69) is 10.6 Å². The van der Waals surface area contributed by atoms with Crippen molar-refractivity contribution in [2.24, 2.45) is 5.41 Å². The van der Waals surface area contributed by atoms with Crippen molar-refractivity contribution in [2.75, 3.05) is 20.2 Å². The summed E-state index contributed by atoms with van der Waals surface area (Å²) in [4.78, 5) is 12.2. The van der Waals surface area contributed by atoms with Crippen LogP contribution in [0.2, 0.25) is 0 Å². The third kappa shape index (κ3) is 5.13. The minimum Gasteiger partial charge on any atom is -0.507 e. The summed E-state index contributed by atoms with van der Waals surface area (Å²) in [5, 5.41) is 26.0. The maximum absolute atomic E-state index is 12.2. The Morgan fingerprint density at radius 2 is 1.81 bits per heavy atom. The molecule has 26 heavy (non-hydrogen) atoms. The number of methoxy groups -OCH3 is 1. The molecule has 2 rings (SSSR count). The maximum Gasteiger partial charge on any atom is 0.255 e. The quantitative estimate of drug-likeness (QED) is 0.582. The third-order valence-corrected chi connectivity index (χ3v) is 4.10. The van der Waals surface area contributed by atoms with E-state index in [1.54, 1.807) is 24.3 Å². The molecule has 0 saturated carbocycles. The van der Waals surface area contributed by atoms with Crippen molar-refractivity contribution in [2.45, 2.75) is 20.4 Å². The number of hydrogen-bond acceptors (Lipinski definition) is 5. The second-order valence-corrected chi connectivity index (χ2v) is 6.94. The summed E-state index contributed by atoms with van der Waals surface area (Å²) in [5.41, 5.74) is 0.796. The predicted octanol–water partition coefficient (Wildman–Crippen LogP) is 2.65. The molecule has 0 fully saturated rings. The molecule has 2 aromatic carbocycles. The fourth-order valence-electron chi connectivity index (χ4n) is 2.55. The van der Waals surface area contributed by atoms with Crippen molar-refractivity contribution < 1.29 is 19.7 Å². The molecule has 0 aliphatic rings. The lowest BCUT2D eigenvalue weighted by atomic mass is 9.93. The van der Waals surface area contributed by atoms with Crippen LogP contribution in [0.15, 0.2) is 42.5 Å². The maximum atomic E-state index is 12.2. The zero-order chi connectivity index (χ0) is 19.2. The lowest BCUT2D eigenvalue weighted by molar-refractivity contribution is 0.0933. The van der Waals surface area contributed by atoms with E-state index in [0.717, 1.165) is 5.56 Å². The monoisotopic (exact) mass is 358 g/mol. The molecule has 0 aliphatic carbocycles. The summed E-state index contributed by atoms with van der Waals surface area (Å²) in [5.74, 6) is 0.239. The number of aromatic hydroxyl groups is 2. The van der Waals surface area contributed by atoms with Crippen LogP contribution in [0.4, 0.5) is 0 Å². The Balaban J connectivity index is 1.85. The molecule has 0 aromatic heterocycles. The summed E-state index contributed by atoms with van der Waals surface area (Å²) < 4.78 is 5.10. The first-order valence-corrected chi connectivity index (χ1v) is 8.46. The number of para-hydroxylation sites is 2. The van der Waals surface area contributed by atoms with Crippen molar-refractivity contribution in [1.82, 2.24) is 10.6 Å². The zero-order valence-corrected chi connectivity index (χ0v) is 15.4. The lowest BCUT2D eigenvalue weighted by Crippen LogP contribution is -2.40. The van der Waals surface area contributed by atoms with Crippen LogP contribution in [0.3, 0.4) is 0 Å². The molecule has 0 aliphatic heterocycles. The van der Waals surface area contributed by atoms with Gasteiger partial charge in [-0.25, -0.2) is 0 Å². The van der Waals surface area contributed by atoms with Crippen molar-refractivity contribution in [1.29, 1.82) is 0 Å². The Hall–Kier alpha value is -2.73. The van der Waals surface area contributed by atoms with E-state index < -0.39 is 0 Å². The summed E-state index contributed by atoms with van der Waals surface area (Å²) in [6, 6.07) is 11.8.